The third-order valence-electron chi connectivity index (χ3n) is 5.81. The van der Waals surface area contributed by atoms with Crippen LogP contribution in [0.1, 0.15) is 37.7 Å². The largest absolute Gasteiger partial charge is 0.493 e. The Hall–Kier alpha value is -2.50. The molecule has 0 aliphatic carbocycles. The van der Waals surface area contributed by atoms with Gasteiger partial charge in [0.15, 0.2) is 0 Å². The Morgan fingerprint density at radius 3 is 2.60 bits per heavy atom. The predicted molar refractivity (Wildman–Crippen MR) is 131 cm³/mol. The molecule has 2 N–H and O–H groups in total. The van der Waals surface area contributed by atoms with Gasteiger partial charge in [-0.1, -0.05) is 17.7 Å². The second kappa shape index (κ2) is 13.0. The fraction of sp³-hybridized carbons (Fsp3) is 0.522. The van der Waals surface area contributed by atoms with Gasteiger partial charge in [0.25, 0.3) is 10.1 Å². The maximum absolute atomic E-state index is 14.4. The Kier molecular flexibility index (Phi) is 10.1. The van der Waals surface area contributed by atoms with Crippen molar-refractivity contribution in [1.29, 1.82) is 0 Å². The molecule has 0 atom stereocenters. The highest BCUT2D eigenvalue weighted by Gasteiger charge is 2.20. The number of rotatable bonds is 12. The van der Waals surface area contributed by atoms with Gasteiger partial charge >= 0.3 is 0 Å². The van der Waals surface area contributed by atoms with E-state index < -0.39 is 27.6 Å². The van der Waals surface area contributed by atoms with Gasteiger partial charge < -0.3 is 15.0 Å². The molecule has 1 amide bonds. The first kappa shape index (κ1) is 27.1. The zero-order valence-corrected chi connectivity index (χ0v) is 20.9. The maximum atomic E-state index is 14.4. The number of halogens is 2. The normalized spacial score (nSPS) is 14.7. The van der Waals surface area contributed by atoms with Crippen LogP contribution in [-0.4, -0.2) is 60.8 Å². The van der Waals surface area contributed by atoms with Gasteiger partial charge in [-0.05, 0) is 49.7 Å². The number of nitrogens with one attached hydrogen (secondary N) is 1. The summed E-state index contributed by atoms with van der Waals surface area (Å²) in [4.78, 5) is 22.6. The second-order valence-corrected chi connectivity index (χ2v) is 10.6. The number of anilines is 1. The van der Waals surface area contributed by atoms with Crippen molar-refractivity contribution in [2.24, 2.45) is 5.92 Å². The highest BCUT2D eigenvalue weighted by Crippen LogP contribution is 2.25. The van der Waals surface area contributed by atoms with Gasteiger partial charge in [0.05, 0.1) is 36.2 Å². The van der Waals surface area contributed by atoms with Gasteiger partial charge in [-0.15, -0.1) is 0 Å². The molecule has 2 aromatic rings. The second-order valence-electron chi connectivity index (χ2n) is 8.54. The van der Waals surface area contributed by atoms with Crippen LogP contribution >= 0.6 is 11.6 Å². The van der Waals surface area contributed by atoms with Crippen molar-refractivity contribution in [2.45, 2.75) is 38.5 Å². The molecule has 1 aliphatic rings. The van der Waals surface area contributed by atoms with E-state index in [1.807, 2.05) is 0 Å². The van der Waals surface area contributed by atoms with E-state index in [0.717, 1.165) is 38.8 Å². The number of hydrogen-bond acceptors (Lipinski definition) is 7. The van der Waals surface area contributed by atoms with Crippen LogP contribution < -0.4 is 15.0 Å². The van der Waals surface area contributed by atoms with E-state index in [1.165, 1.54) is 12.1 Å². The van der Waals surface area contributed by atoms with Crippen LogP contribution in [0.2, 0.25) is 5.02 Å². The molecule has 0 spiro atoms. The molecular weight excluding hydrogens is 499 g/mol. The molecular formula is C23H30ClFN4O5S. The number of carbonyl (C=O) groups excluding carboxylic acids is 1. The lowest BCUT2D eigenvalue weighted by Crippen LogP contribution is -2.34. The lowest BCUT2D eigenvalue weighted by Gasteiger charge is -2.31. The highest BCUT2D eigenvalue weighted by atomic mass is 35.5. The van der Waals surface area contributed by atoms with Gasteiger partial charge in [-0.25, -0.2) is 14.4 Å². The Morgan fingerprint density at radius 2 is 1.94 bits per heavy atom. The summed E-state index contributed by atoms with van der Waals surface area (Å²) in [6, 6.07) is 4.41. The minimum atomic E-state index is -4.06. The summed E-state index contributed by atoms with van der Waals surface area (Å²) >= 11 is 5.84. The van der Waals surface area contributed by atoms with Crippen molar-refractivity contribution < 1.29 is 26.9 Å². The predicted octanol–water partition coefficient (Wildman–Crippen LogP) is 3.28. The van der Waals surface area contributed by atoms with E-state index in [4.69, 9.17) is 20.9 Å². The van der Waals surface area contributed by atoms with Crippen molar-refractivity contribution >= 4 is 33.6 Å². The monoisotopic (exact) mass is 528 g/mol. The zero-order chi connectivity index (χ0) is 25.3. The Labute approximate surface area is 209 Å². The molecule has 9 nitrogen and oxygen atoms in total. The van der Waals surface area contributed by atoms with E-state index in [2.05, 4.69) is 20.2 Å². The first-order valence-corrected chi connectivity index (χ1v) is 13.5. The molecule has 35 heavy (non-hydrogen) atoms. The van der Waals surface area contributed by atoms with Gasteiger partial charge in [-0.3, -0.25) is 9.35 Å². The maximum Gasteiger partial charge on any atom is 0.264 e. The molecule has 1 aliphatic heterocycles. The van der Waals surface area contributed by atoms with Gasteiger partial charge in [0, 0.05) is 25.7 Å². The number of piperidine rings is 1. The van der Waals surface area contributed by atoms with E-state index >= 15 is 0 Å². The number of amides is 1. The van der Waals surface area contributed by atoms with Crippen LogP contribution in [-0.2, 0) is 21.3 Å². The van der Waals surface area contributed by atoms with Crippen LogP contribution in [0.4, 0.5) is 10.3 Å². The van der Waals surface area contributed by atoms with E-state index in [1.54, 1.807) is 18.5 Å². The summed E-state index contributed by atoms with van der Waals surface area (Å²) in [7, 11) is -4.06. The molecule has 1 saturated heterocycles. The van der Waals surface area contributed by atoms with E-state index in [9.17, 15) is 17.6 Å². The van der Waals surface area contributed by atoms with Gasteiger partial charge in [-0.2, -0.15) is 8.42 Å². The van der Waals surface area contributed by atoms with Crippen LogP contribution in [0, 0.1) is 11.7 Å². The van der Waals surface area contributed by atoms with Crippen LogP contribution in [0.15, 0.2) is 30.6 Å². The van der Waals surface area contributed by atoms with Crippen LogP contribution in [0.3, 0.4) is 0 Å². The number of aromatic nitrogens is 2. The lowest BCUT2D eigenvalue weighted by molar-refractivity contribution is -0.120. The van der Waals surface area contributed by atoms with Crippen molar-refractivity contribution in [3.63, 3.8) is 0 Å². The third-order valence-corrected chi connectivity index (χ3v) is 6.81. The molecule has 2 heterocycles. The average molecular weight is 529 g/mol. The summed E-state index contributed by atoms with van der Waals surface area (Å²) in [6.07, 6.45) is 7.10. The summed E-state index contributed by atoms with van der Waals surface area (Å²) in [5.41, 5.74) is 0.223. The Morgan fingerprint density at radius 1 is 1.23 bits per heavy atom. The fourth-order valence-electron chi connectivity index (χ4n) is 3.93. The fourth-order valence-corrected chi connectivity index (χ4v) is 4.54. The van der Waals surface area contributed by atoms with E-state index in [-0.39, 0.29) is 24.9 Å². The third kappa shape index (κ3) is 9.58. The molecule has 1 aromatic heterocycles. The summed E-state index contributed by atoms with van der Waals surface area (Å²) in [5, 5.41) is 3.03. The summed E-state index contributed by atoms with van der Waals surface area (Å²) in [6.45, 7) is 2.35. The topological polar surface area (TPSA) is 122 Å². The molecule has 0 unspecified atom stereocenters. The summed E-state index contributed by atoms with van der Waals surface area (Å²) in [5.74, 6) is 0.308. The smallest absolute Gasteiger partial charge is 0.264 e. The molecule has 1 fully saturated rings. The number of carbonyl (C=O) groups is 1. The van der Waals surface area contributed by atoms with Gasteiger partial charge in [0.2, 0.25) is 11.9 Å². The SMILES string of the molecule is O=C(Cc1ccc(OCCCC2CCN(c3ncc(Cl)cn3)CC2)cc1F)NCCCS(=O)(=O)O. The molecule has 1 aromatic carbocycles. The number of ether oxygens (including phenoxy) is 1. The lowest BCUT2D eigenvalue weighted by atomic mass is 9.92. The number of nitrogens with zero attached hydrogens (tertiary/aromatic N) is 3. The van der Waals surface area contributed by atoms with Crippen molar-refractivity contribution in [2.75, 3.05) is 36.9 Å². The molecule has 12 heteroatoms. The Bertz CT molecular complexity index is 1080. The molecule has 192 valence electrons. The first-order valence-electron chi connectivity index (χ1n) is 11.5. The Balaban J connectivity index is 1.32. The number of hydrogen-bond donors (Lipinski definition) is 2. The first-order chi connectivity index (χ1) is 16.7. The molecule has 0 radical (unpaired) electrons. The minimum absolute atomic E-state index is 0.0787. The zero-order valence-electron chi connectivity index (χ0n) is 19.3. The van der Waals surface area contributed by atoms with Crippen molar-refractivity contribution in [3.05, 3.63) is 47.0 Å². The van der Waals surface area contributed by atoms with Crippen LogP contribution in [0.5, 0.6) is 5.75 Å². The van der Waals surface area contributed by atoms with Crippen molar-refractivity contribution in [1.82, 2.24) is 15.3 Å². The molecule has 0 saturated carbocycles. The molecule has 0 bridgehead atoms. The standard InChI is InChI=1S/C23H30ClFN4O5S/c24-19-15-27-23(28-16-19)29-9-6-17(7-10-29)3-1-11-34-20-5-4-18(21(25)14-20)13-22(30)26-8-2-12-35(31,32)33/h4-5,14-17H,1-3,6-13H2,(H,26,30)(H,31,32,33). The van der Waals surface area contributed by atoms with Crippen molar-refractivity contribution in [3.8, 4) is 5.75 Å². The molecule has 3 rings (SSSR count). The highest BCUT2D eigenvalue weighted by molar-refractivity contribution is 7.85. The average Bonchev–Trinajstić information content (AvgIpc) is 2.82. The summed E-state index contributed by atoms with van der Waals surface area (Å²) < 4.78 is 50.0. The number of benzene rings is 1. The van der Waals surface area contributed by atoms with Gasteiger partial charge in [0.1, 0.15) is 11.6 Å². The quantitative estimate of drug-likeness (QED) is 0.318. The minimum Gasteiger partial charge on any atom is -0.493 e. The van der Waals surface area contributed by atoms with E-state index in [0.29, 0.717) is 29.2 Å². The van der Waals surface area contributed by atoms with Crippen LogP contribution in [0.25, 0.3) is 0 Å².